The Morgan fingerprint density at radius 2 is 2.03 bits per heavy atom. The first-order chi connectivity index (χ1) is 13.8. The van der Waals surface area contributed by atoms with E-state index in [2.05, 4.69) is 20.6 Å². The fraction of sp³-hybridized carbons (Fsp3) is 0.421. The van der Waals surface area contributed by atoms with E-state index in [1.165, 1.54) is 18.0 Å². The third-order valence-electron chi connectivity index (χ3n) is 3.79. The predicted octanol–water partition coefficient (Wildman–Crippen LogP) is 2.80. The van der Waals surface area contributed by atoms with Gasteiger partial charge in [0.25, 0.3) is 5.91 Å². The molecule has 0 bridgehead atoms. The summed E-state index contributed by atoms with van der Waals surface area (Å²) in [6.07, 6.45) is 4.06. The number of amides is 3. The second-order valence-corrected chi connectivity index (χ2v) is 7.35. The molecule has 0 aromatic carbocycles. The van der Waals surface area contributed by atoms with Gasteiger partial charge in [0.2, 0.25) is 0 Å². The maximum Gasteiger partial charge on any atom is 0.343 e. The van der Waals surface area contributed by atoms with Crippen LogP contribution in [0.1, 0.15) is 36.3 Å². The molecule has 0 saturated carbocycles. The molecule has 0 atom stereocenters. The van der Waals surface area contributed by atoms with E-state index >= 15 is 0 Å². The van der Waals surface area contributed by atoms with Crippen LogP contribution in [0.4, 0.5) is 4.79 Å². The molecule has 0 radical (unpaired) electrons. The van der Waals surface area contributed by atoms with Gasteiger partial charge in [-0.1, -0.05) is 13.8 Å². The van der Waals surface area contributed by atoms with Crippen LogP contribution in [0.3, 0.4) is 0 Å². The number of thioether (sulfide) groups is 1. The Morgan fingerprint density at radius 3 is 2.66 bits per heavy atom. The van der Waals surface area contributed by atoms with Gasteiger partial charge in [-0.2, -0.15) is 0 Å². The van der Waals surface area contributed by atoms with E-state index < -0.39 is 24.5 Å². The average Bonchev–Trinajstić information content (AvgIpc) is 3.19. The smallest absolute Gasteiger partial charge is 0.343 e. The van der Waals surface area contributed by atoms with Crippen molar-refractivity contribution in [1.29, 1.82) is 0 Å². The Labute approximate surface area is 173 Å². The molecule has 2 aromatic rings. The molecule has 0 aliphatic heterocycles. The molecule has 0 unspecified atom stereocenters. The molecule has 10 heteroatoms. The fourth-order valence-corrected chi connectivity index (χ4v) is 2.94. The lowest BCUT2D eigenvalue weighted by Crippen LogP contribution is -2.42. The minimum Gasteiger partial charge on any atom is -0.461 e. The number of aromatic nitrogens is 2. The Balaban J connectivity index is 1.96. The first-order valence-electron chi connectivity index (χ1n) is 9.03. The second-order valence-electron chi connectivity index (χ2n) is 6.56. The highest BCUT2D eigenvalue weighted by atomic mass is 32.2. The first-order valence-corrected chi connectivity index (χ1v) is 10.3. The van der Waals surface area contributed by atoms with E-state index in [1.54, 1.807) is 25.3 Å². The molecule has 9 nitrogen and oxygen atoms in total. The Bertz CT molecular complexity index is 868. The average molecular weight is 420 g/mol. The molecule has 0 aliphatic rings. The van der Waals surface area contributed by atoms with Crippen LogP contribution >= 0.6 is 11.8 Å². The van der Waals surface area contributed by atoms with E-state index in [-0.39, 0.29) is 5.56 Å². The van der Waals surface area contributed by atoms with Crippen LogP contribution in [0.15, 0.2) is 27.8 Å². The van der Waals surface area contributed by atoms with Crippen molar-refractivity contribution in [3.63, 3.8) is 0 Å². The number of nitrogens with one attached hydrogen (secondary N) is 2. The van der Waals surface area contributed by atoms with Crippen LogP contribution < -0.4 is 10.6 Å². The van der Waals surface area contributed by atoms with Crippen LogP contribution in [-0.2, 0) is 9.53 Å². The standard InChI is InChI=1S/C19H24N4O5S/c1-11(2)7-8-20-19(26)22-14(24)10-28-18(25)15-12(3)21-16(23-17(15)29-4)13-6-5-9-27-13/h5-6,9,11H,7-8,10H2,1-4H3,(H2,20,22,24,26). The van der Waals surface area contributed by atoms with Crippen LogP contribution in [0, 0.1) is 12.8 Å². The molecule has 0 aliphatic carbocycles. The highest BCUT2D eigenvalue weighted by Gasteiger charge is 2.22. The molecule has 29 heavy (non-hydrogen) atoms. The van der Waals surface area contributed by atoms with E-state index in [1.807, 2.05) is 13.8 Å². The summed E-state index contributed by atoms with van der Waals surface area (Å²) in [5.74, 6) is -0.206. The third-order valence-corrected chi connectivity index (χ3v) is 4.47. The zero-order valence-corrected chi connectivity index (χ0v) is 17.6. The summed E-state index contributed by atoms with van der Waals surface area (Å²) in [7, 11) is 0. The SMILES string of the molecule is CSc1nc(-c2ccco2)nc(C)c1C(=O)OCC(=O)NC(=O)NCCC(C)C. The minimum atomic E-state index is -0.742. The van der Waals surface area contributed by atoms with E-state index in [0.29, 0.717) is 34.8 Å². The topological polar surface area (TPSA) is 123 Å². The van der Waals surface area contributed by atoms with Crippen molar-refractivity contribution in [1.82, 2.24) is 20.6 Å². The monoisotopic (exact) mass is 420 g/mol. The molecule has 3 amide bonds. The summed E-state index contributed by atoms with van der Waals surface area (Å²) in [4.78, 5) is 44.6. The van der Waals surface area contributed by atoms with Crippen molar-refractivity contribution in [2.75, 3.05) is 19.4 Å². The van der Waals surface area contributed by atoms with Gasteiger partial charge < -0.3 is 14.5 Å². The number of hydrogen-bond acceptors (Lipinski definition) is 8. The van der Waals surface area contributed by atoms with Gasteiger partial charge in [0.1, 0.15) is 10.6 Å². The fourth-order valence-electron chi connectivity index (χ4n) is 2.33. The molecule has 2 rings (SSSR count). The number of aryl methyl sites for hydroxylation is 1. The quantitative estimate of drug-likeness (QED) is 0.380. The lowest BCUT2D eigenvalue weighted by Gasteiger charge is -2.11. The number of hydrogen-bond donors (Lipinski definition) is 2. The van der Waals surface area contributed by atoms with Gasteiger partial charge >= 0.3 is 12.0 Å². The number of rotatable bonds is 8. The first kappa shape index (κ1) is 22.4. The van der Waals surface area contributed by atoms with E-state index in [9.17, 15) is 14.4 Å². The van der Waals surface area contributed by atoms with Crippen molar-refractivity contribution >= 4 is 29.7 Å². The number of esters is 1. The van der Waals surface area contributed by atoms with Crippen molar-refractivity contribution in [3.05, 3.63) is 29.7 Å². The number of nitrogens with zero attached hydrogens (tertiary/aromatic N) is 2. The van der Waals surface area contributed by atoms with E-state index in [0.717, 1.165) is 6.42 Å². The van der Waals surface area contributed by atoms with Crippen LogP contribution in [0.2, 0.25) is 0 Å². The lowest BCUT2D eigenvalue weighted by atomic mass is 10.1. The maximum atomic E-state index is 12.5. The lowest BCUT2D eigenvalue weighted by molar-refractivity contribution is -0.123. The van der Waals surface area contributed by atoms with Crippen LogP contribution in [-0.4, -0.2) is 47.3 Å². The number of imide groups is 1. The van der Waals surface area contributed by atoms with Crippen molar-refractivity contribution in [2.24, 2.45) is 5.92 Å². The molecule has 0 spiro atoms. The summed E-state index contributed by atoms with van der Waals surface area (Å²) in [6, 6.07) is 2.80. The molecule has 2 aromatic heterocycles. The number of furan rings is 1. The highest BCUT2D eigenvalue weighted by Crippen LogP contribution is 2.25. The highest BCUT2D eigenvalue weighted by molar-refractivity contribution is 7.98. The summed E-state index contributed by atoms with van der Waals surface area (Å²) < 4.78 is 10.3. The molecular formula is C19H24N4O5S. The molecule has 156 valence electrons. The Kier molecular flexibility index (Phi) is 8.20. The Morgan fingerprint density at radius 1 is 1.28 bits per heavy atom. The largest absolute Gasteiger partial charge is 0.461 e. The number of ether oxygens (including phenoxy) is 1. The van der Waals surface area contributed by atoms with Gasteiger partial charge in [0.15, 0.2) is 18.2 Å². The predicted molar refractivity (Wildman–Crippen MR) is 108 cm³/mol. The summed E-state index contributed by atoms with van der Waals surface area (Å²) >= 11 is 1.25. The van der Waals surface area contributed by atoms with E-state index in [4.69, 9.17) is 9.15 Å². The van der Waals surface area contributed by atoms with Gasteiger partial charge in [-0.15, -0.1) is 11.8 Å². The zero-order valence-electron chi connectivity index (χ0n) is 16.8. The van der Waals surface area contributed by atoms with Gasteiger partial charge in [-0.05, 0) is 37.7 Å². The van der Waals surface area contributed by atoms with Gasteiger partial charge in [-0.3, -0.25) is 10.1 Å². The number of carbonyl (C=O) groups is 3. The van der Waals surface area contributed by atoms with Crippen LogP contribution in [0.25, 0.3) is 11.6 Å². The van der Waals surface area contributed by atoms with Gasteiger partial charge in [0, 0.05) is 6.54 Å². The minimum absolute atomic E-state index is 0.169. The zero-order chi connectivity index (χ0) is 21.4. The molecule has 2 N–H and O–H groups in total. The molecular weight excluding hydrogens is 396 g/mol. The van der Waals surface area contributed by atoms with Crippen molar-refractivity contribution in [2.45, 2.75) is 32.2 Å². The van der Waals surface area contributed by atoms with Gasteiger partial charge in [-0.25, -0.2) is 19.6 Å². The van der Waals surface area contributed by atoms with Crippen molar-refractivity contribution < 1.29 is 23.5 Å². The number of urea groups is 1. The summed E-state index contributed by atoms with van der Waals surface area (Å²) in [5, 5.41) is 5.09. The third kappa shape index (κ3) is 6.60. The summed E-state index contributed by atoms with van der Waals surface area (Å²) in [6.45, 7) is 5.56. The molecule has 0 saturated heterocycles. The maximum absolute atomic E-state index is 12.5. The molecule has 0 fully saturated rings. The second kappa shape index (κ2) is 10.6. The van der Waals surface area contributed by atoms with Crippen LogP contribution in [0.5, 0.6) is 0 Å². The Hall–Kier alpha value is -2.88. The number of carbonyl (C=O) groups excluding carboxylic acids is 3. The normalized spacial score (nSPS) is 10.7. The summed E-state index contributed by atoms with van der Waals surface area (Å²) in [5.41, 5.74) is 0.564. The molecule has 2 heterocycles. The van der Waals surface area contributed by atoms with Gasteiger partial charge in [0.05, 0.1) is 12.0 Å². The van der Waals surface area contributed by atoms with Crippen molar-refractivity contribution in [3.8, 4) is 11.6 Å².